The number of nitrogen functional groups attached to an aromatic ring is 1. The fourth-order valence-electron chi connectivity index (χ4n) is 2.48. The zero-order valence-corrected chi connectivity index (χ0v) is 10.9. The Labute approximate surface area is 115 Å². The lowest BCUT2D eigenvalue weighted by atomic mass is 10.1. The number of carbonyl (C=O) groups is 2. The highest BCUT2D eigenvalue weighted by Gasteiger charge is 2.29. The van der Waals surface area contributed by atoms with Gasteiger partial charge in [0.2, 0.25) is 5.91 Å². The Bertz CT molecular complexity index is 535. The normalized spacial score (nSPS) is 19.0. The average molecular weight is 280 g/mol. The molecule has 0 saturated carbocycles. The Hall–Kier alpha value is -1.99. The smallest absolute Gasteiger partial charge is 0.265 e. The van der Waals surface area contributed by atoms with Crippen molar-refractivity contribution in [2.24, 2.45) is 11.6 Å². The number of nitrogens with zero attached hydrogens (tertiary/aromatic N) is 1. The fourth-order valence-corrected chi connectivity index (χ4v) is 2.48. The van der Waals surface area contributed by atoms with Crippen molar-refractivity contribution in [2.75, 3.05) is 6.54 Å². The number of carbonyl (C=O) groups excluding carboxylic acids is 2. The number of likely N-dealkylation sites (tertiary alicyclic amines) is 1. The predicted octanol–water partition coefficient (Wildman–Crippen LogP) is -0.121. The maximum Gasteiger partial charge on any atom is 0.265 e. The van der Waals surface area contributed by atoms with Crippen molar-refractivity contribution in [3.63, 3.8) is 0 Å². The van der Waals surface area contributed by atoms with Crippen LogP contribution < -0.4 is 17.0 Å². The highest BCUT2D eigenvalue weighted by molar-refractivity contribution is 5.93. The van der Waals surface area contributed by atoms with E-state index in [9.17, 15) is 14.0 Å². The Morgan fingerprint density at radius 1 is 1.45 bits per heavy atom. The number of amides is 2. The molecule has 5 N–H and O–H groups in total. The van der Waals surface area contributed by atoms with Gasteiger partial charge in [-0.25, -0.2) is 10.2 Å². The number of halogens is 1. The minimum absolute atomic E-state index is 0.241. The molecular weight excluding hydrogens is 263 g/mol. The van der Waals surface area contributed by atoms with E-state index >= 15 is 0 Å². The summed E-state index contributed by atoms with van der Waals surface area (Å²) in [6.45, 7) is 0.922. The zero-order chi connectivity index (χ0) is 14.7. The van der Waals surface area contributed by atoms with Gasteiger partial charge in [0.15, 0.2) is 0 Å². The van der Waals surface area contributed by atoms with E-state index in [4.69, 9.17) is 11.6 Å². The molecule has 1 aliphatic heterocycles. The van der Waals surface area contributed by atoms with E-state index in [-0.39, 0.29) is 18.2 Å². The highest BCUT2D eigenvalue weighted by atomic mass is 19.1. The Kier molecular flexibility index (Phi) is 4.31. The van der Waals surface area contributed by atoms with Crippen molar-refractivity contribution < 1.29 is 14.0 Å². The lowest BCUT2D eigenvalue weighted by Crippen LogP contribution is -2.40. The second-order valence-electron chi connectivity index (χ2n) is 4.81. The molecule has 1 atom stereocenters. The van der Waals surface area contributed by atoms with Crippen LogP contribution in [0.15, 0.2) is 18.2 Å². The standard InChI is InChI=1S/C13H17FN4O2/c14-10-4-3-8(13(20)17-16)6-9(10)7-18-5-1-2-11(18)12(15)19/h3-4,6,11H,1-2,5,7,16H2,(H2,15,19)(H,17,20). The summed E-state index contributed by atoms with van der Waals surface area (Å²) in [4.78, 5) is 24.6. The van der Waals surface area contributed by atoms with Crippen LogP contribution in [0.2, 0.25) is 0 Å². The van der Waals surface area contributed by atoms with E-state index in [1.807, 2.05) is 10.3 Å². The molecule has 1 heterocycles. The molecule has 108 valence electrons. The van der Waals surface area contributed by atoms with Gasteiger partial charge >= 0.3 is 0 Å². The summed E-state index contributed by atoms with van der Waals surface area (Å²) in [7, 11) is 0. The van der Waals surface area contributed by atoms with Crippen LogP contribution in [0, 0.1) is 5.82 Å². The zero-order valence-electron chi connectivity index (χ0n) is 10.9. The number of rotatable bonds is 4. The van der Waals surface area contributed by atoms with Gasteiger partial charge in [-0.05, 0) is 37.6 Å². The summed E-state index contributed by atoms with van der Waals surface area (Å²) in [6.07, 6.45) is 1.53. The van der Waals surface area contributed by atoms with Gasteiger partial charge in [0.25, 0.3) is 5.91 Å². The lowest BCUT2D eigenvalue weighted by molar-refractivity contribution is -0.122. The molecule has 0 spiro atoms. The molecule has 2 rings (SSSR count). The van der Waals surface area contributed by atoms with Crippen molar-refractivity contribution in [3.05, 3.63) is 35.1 Å². The van der Waals surface area contributed by atoms with E-state index in [0.717, 1.165) is 6.42 Å². The first-order valence-corrected chi connectivity index (χ1v) is 6.35. The monoisotopic (exact) mass is 280 g/mol. The van der Waals surface area contributed by atoms with Crippen molar-refractivity contribution >= 4 is 11.8 Å². The summed E-state index contributed by atoms with van der Waals surface area (Å²) in [5.74, 6) is 3.74. The molecule has 0 aromatic heterocycles. The molecule has 6 nitrogen and oxygen atoms in total. The molecule has 1 fully saturated rings. The second kappa shape index (κ2) is 5.98. The van der Waals surface area contributed by atoms with Gasteiger partial charge in [-0.15, -0.1) is 0 Å². The average Bonchev–Trinajstić information content (AvgIpc) is 2.88. The van der Waals surface area contributed by atoms with Crippen LogP contribution in [0.25, 0.3) is 0 Å². The second-order valence-corrected chi connectivity index (χ2v) is 4.81. The minimum atomic E-state index is -0.487. The number of hydrazine groups is 1. The number of hydrogen-bond acceptors (Lipinski definition) is 4. The topological polar surface area (TPSA) is 101 Å². The minimum Gasteiger partial charge on any atom is -0.368 e. The molecule has 1 unspecified atom stereocenters. The van der Waals surface area contributed by atoms with Gasteiger partial charge in [-0.1, -0.05) is 0 Å². The van der Waals surface area contributed by atoms with Gasteiger partial charge in [-0.3, -0.25) is 19.9 Å². The number of nitrogens with one attached hydrogen (secondary N) is 1. The first-order chi connectivity index (χ1) is 9.52. The fraction of sp³-hybridized carbons (Fsp3) is 0.385. The van der Waals surface area contributed by atoms with Gasteiger partial charge < -0.3 is 5.73 Å². The first kappa shape index (κ1) is 14.4. The Balaban J connectivity index is 2.20. The molecule has 7 heteroatoms. The van der Waals surface area contributed by atoms with E-state index in [0.29, 0.717) is 18.5 Å². The Morgan fingerprint density at radius 3 is 2.85 bits per heavy atom. The molecule has 1 aromatic rings. The van der Waals surface area contributed by atoms with Gasteiger partial charge in [-0.2, -0.15) is 0 Å². The van der Waals surface area contributed by atoms with Crippen LogP contribution in [-0.2, 0) is 11.3 Å². The summed E-state index contributed by atoms with van der Waals surface area (Å²) in [6, 6.07) is 3.64. The molecule has 1 aliphatic rings. The number of primary amides is 1. The van der Waals surface area contributed by atoms with Crippen molar-refractivity contribution in [1.29, 1.82) is 0 Å². The van der Waals surface area contributed by atoms with Crippen molar-refractivity contribution in [2.45, 2.75) is 25.4 Å². The first-order valence-electron chi connectivity index (χ1n) is 6.35. The van der Waals surface area contributed by atoms with Crippen molar-refractivity contribution in [1.82, 2.24) is 10.3 Å². The van der Waals surface area contributed by atoms with Crippen LogP contribution in [-0.4, -0.2) is 29.3 Å². The number of benzene rings is 1. The largest absolute Gasteiger partial charge is 0.368 e. The van der Waals surface area contributed by atoms with Gasteiger partial charge in [0.1, 0.15) is 5.82 Å². The highest BCUT2D eigenvalue weighted by Crippen LogP contribution is 2.21. The SMILES string of the molecule is NNC(=O)c1ccc(F)c(CN2CCCC2C(N)=O)c1. The van der Waals surface area contributed by atoms with Crippen LogP contribution >= 0.6 is 0 Å². The van der Waals surface area contributed by atoms with E-state index in [1.165, 1.54) is 18.2 Å². The maximum absolute atomic E-state index is 13.8. The van der Waals surface area contributed by atoms with Crippen LogP contribution in [0.5, 0.6) is 0 Å². The van der Waals surface area contributed by atoms with Crippen LogP contribution in [0.1, 0.15) is 28.8 Å². The molecule has 0 bridgehead atoms. The van der Waals surface area contributed by atoms with Crippen LogP contribution in [0.4, 0.5) is 4.39 Å². The lowest BCUT2D eigenvalue weighted by Gasteiger charge is -2.22. The maximum atomic E-state index is 13.8. The summed E-state index contributed by atoms with van der Waals surface area (Å²) in [5, 5.41) is 0. The summed E-state index contributed by atoms with van der Waals surface area (Å²) < 4.78 is 13.8. The summed E-state index contributed by atoms with van der Waals surface area (Å²) >= 11 is 0. The van der Waals surface area contributed by atoms with E-state index in [1.54, 1.807) is 0 Å². The van der Waals surface area contributed by atoms with Crippen LogP contribution in [0.3, 0.4) is 0 Å². The third-order valence-corrected chi connectivity index (χ3v) is 3.50. The Morgan fingerprint density at radius 2 is 2.20 bits per heavy atom. The molecule has 1 aromatic carbocycles. The molecule has 0 aliphatic carbocycles. The van der Waals surface area contributed by atoms with E-state index < -0.39 is 17.6 Å². The van der Waals surface area contributed by atoms with E-state index in [2.05, 4.69) is 0 Å². The van der Waals surface area contributed by atoms with Gasteiger partial charge in [0, 0.05) is 17.7 Å². The predicted molar refractivity (Wildman–Crippen MR) is 70.7 cm³/mol. The molecular formula is C13H17FN4O2. The third kappa shape index (κ3) is 2.94. The number of hydrogen-bond donors (Lipinski definition) is 3. The van der Waals surface area contributed by atoms with Gasteiger partial charge in [0.05, 0.1) is 6.04 Å². The molecule has 20 heavy (non-hydrogen) atoms. The quantitative estimate of drug-likeness (QED) is 0.406. The third-order valence-electron chi connectivity index (χ3n) is 3.50. The molecule has 2 amide bonds. The number of nitrogens with two attached hydrogens (primary N) is 2. The molecule has 1 saturated heterocycles. The van der Waals surface area contributed by atoms with Crippen molar-refractivity contribution in [3.8, 4) is 0 Å². The molecule has 0 radical (unpaired) electrons. The summed E-state index contributed by atoms with van der Waals surface area (Å²) in [5.41, 5.74) is 7.95.